The second-order valence-electron chi connectivity index (χ2n) is 12.0. The third-order valence-corrected chi connectivity index (χ3v) is 9.71. The Labute approximate surface area is 267 Å². The number of hydrogen-bond acceptors (Lipinski definition) is 8. The number of para-hydroxylation sites is 1. The van der Waals surface area contributed by atoms with Crippen molar-refractivity contribution in [2.24, 2.45) is 0 Å². The predicted molar refractivity (Wildman–Crippen MR) is 157 cm³/mol. The van der Waals surface area contributed by atoms with Crippen LogP contribution in [0.3, 0.4) is 0 Å². The molecular formula is C32H27F6N3O5S. The summed E-state index contributed by atoms with van der Waals surface area (Å²) in [7, 11) is 0. The molecule has 248 valence electrons. The number of piperidine rings is 1. The van der Waals surface area contributed by atoms with Gasteiger partial charge in [0.1, 0.15) is 17.2 Å². The molecule has 3 aliphatic rings. The number of aromatic nitrogens is 2. The Balaban J connectivity index is 1.07. The largest absolute Gasteiger partial charge is 0.573 e. The maximum Gasteiger partial charge on any atom is 0.573 e. The third-order valence-electron chi connectivity index (χ3n) is 8.85. The van der Waals surface area contributed by atoms with Crippen LogP contribution in [0.15, 0.2) is 52.4 Å². The van der Waals surface area contributed by atoms with Crippen molar-refractivity contribution < 1.29 is 50.2 Å². The molecule has 4 aromatic rings. The summed E-state index contributed by atoms with van der Waals surface area (Å²) in [5.41, 5.74) is -0.523. The van der Waals surface area contributed by atoms with Gasteiger partial charge in [0.2, 0.25) is 0 Å². The van der Waals surface area contributed by atoms with E-state index < -0.39 is 29.6 Å². The number of alkyl halides is 6. The van der Waals surface area contributed by atoms with Gasteiger partial charge in [-0.25, -0.2) is 9.78 Å². The van der Waals surface area contributed by atoms with E-state index in [1.165, 1.54) is 35.6 Å². The van der Waals surface area contributed by atoms with Crippen LogP contribution < -0.4 is 9.64 Å². The fourth-order valence-electron chi connectivity index (χ4n) is 6.63. The Bertz CT molecular complexity index is 1790. The highest BCUT2D eigenvalue weighted by Gasteiger charge is 2.43. The van der Waals surface area contributed by atoms with Gasteiger partial charge in [0.25, 0.3) is 0 Å². The number of fused-ring (bicyclic) bond motifs is 2. The summed E-state index contributed by atoms with van der Waals surface area (Å²) in [5, 5.41) is 15.7. The molecule has 1 aliphatic carbocycles. The molecular weight excluding hydrogens is 652 g/mol. The fourth-order valence-corrected chi connectivity index (χ4v) is 7.61. The maximum absolute atomic E-state index is 13.6. The van der Waals surface area contributed by atoms with E-state index in [1.807, 2.05) is 0 Å². The molecule has 2 bridgehead atoms. The number of benzene rings is 2. The SMILES string of the molecule is O=C(O)c1ccc(-c2csc(N3[C@@H]4CC[C@H]3C[C@H](OCc3c(-c5ccccc5OC(F)(F)F)noc3C3CC3)C4)n2)cc1C(F)(F)F. The minimum atomic E-state index is -4.88. The average Bonchev–Trinajstić information content (AvgIpc) is 3.47. The molecule has 15 heteroatoms. The Morgan fingerprint density at radius 3 is 2.40 bits per heavy atom. The number of carboxylic acids is 1. The van der Waals surface area contributed by atoms with Crippen LogP contribution in [-0.2, 0) is 17.5 Å². The summed E-state index contributed by atoms with van der Waals surface area (Å²) in [5.74, 6) is -1.29. The molecule has 2 aliphatic heterocycles. The normalized spacial score (nSPS) is 21.3. The Kier molecular flexibility index (Phi) is 7.94. The van der Waals surface area contributed by atoms with Gasteiger partial charge in [0.05, 0.1) is 29.5 Å². The third kappa shape index (κ3) is 6.42. The summed E-state index contributed by atoms with van der Waals surface area (Å²) in [6.07, 6.45) is -5.03. The van der Waals surface area contributed by atoms with E-state index in [0.717, 1.165) is 37.8 Å². The molecule has 4 heterocycles. The second kappa shape index (κ2) is 11.8. The number of carboxylic acid groups (broad SMARTS) is 1. The van der Waals surface area contributed by atoms with Crippen molar-refractivity contribution in [3.05, 3.63) is 70.3 Å². The molecule has 3 atom stereocenters. The van der Waals surface area contributed by atoms with Crippen LogP contribution in [0.25, 0.3) is 22.5 Å². The van der Waals surface area contributed by atoms with Crippen molar-refractivity contribution in [2.75, 3.05) is 4.90 Å². The molecule has 47 heavy (non-hydrogen) atoms. The first-order valence-corrected chi connectivity index (χ1v) is 15.9. The monoisotopic (exact) mass is 679 g/mol. The first-order valence-electron chi connectivity index (χ1n) is 15.0. The van der Waals surface area contributed by atoms with Gasteiger partial charge in [-0.2, -0.15) is 13.2 Å². The van der Waals surface area contributed by atoms with Gasteiger partial charge in [0.15, 0.2) is 5.13 Å². The lowest BCUT2D eigenvalue weighted by atomic mass is 9.99. The van der Waals surface area contributed by atoms with Crippen LogP contribution in [0.2, 0.25) is 0 Å². The van der Waals surface area contributed by atoms with Gasteiger partial charge in [-0.15, -0.1) is 24.5 Å². The smallest absolute Gasteiger partial charge is 0.478 e. The molecule has 0 amide bonds. The second-order valence-corrected chi connectivity index (χ2v) is 12.8. The number of carbonyl (C=O) groups is 1. The highest BCUT2D eigenvalue weighted by Crippen LogP contribution is 2.47. The average molecular weight is 680 g/mol. The molecule has 0 radical (unpaired) electrons. The first-order chi connectivity index (χ1) is 22.4. The van der Waals surface area contributed by atoms with E-state index in [4.69, 9.17) is 9.26 Å². The minimum Gasteiger partial charge on any atom is -0.478 e. The van der Waals surface area contributed by atoms with Crippen molar-refractivity contribution in [3.63, 3.8) is 0 Å². The van der Waals surface area contributed by atoms with Crippen molar-refractivity contribution in [1.82, 2.24) is 10.1 Å². The molecule has 2 saturated heterocycles. The highest BCUT2D eigenvalue weighted by atomic mass is 32.1. The molecule has 3 fully saturated rings. The number of ether oxygens (including phenoxy) is 2. The number of aromatic carboxylic acids is 1. The van der Waals surface area contributed by atoms with Crippen molar-refractivity contribution in [2.45, 2.75) is 81.8 Å². The van der Waals surface area contributed by atoms with Gasteiger partial charge in [-0.05, 0) is 62.8 Å². The van der Waals surface area contributed by atoms with E-state index in [1.54, 1.807) is 11.4 Å². The molecule has 2 aromatic heterocycles. The lowest BCUT2D eigenvalue weighted by molar-refractivity contribution is -0.274. The van der Waals surface area contributed by atoms with Gasteiger partial charge in [-0.1, -0.05) is 23.4 Å². The van der Waals surface area contributed by atoms with E-state index >= 15 is 0 Å². The minimum absolute atomic E-state index is 0.0728. The number of rotatable bonds is 9. The number of nitrogens with zero attached hydrogens (tertiary/aromatic N) is 3. The van der Waals surface area contributed by atoms with E-state index in [2.05, 4.69) is 19.8 Å². The lowest BCUT2D eigenvalue weighted by Crippen LogP contribution is -2.45. The summed E-state index contributed by atoms with van der Waals surface area (Å²) in [6, 6.07) is 9.03. The molecule has 0 unspecified atom stereocenters. The number of thiazole rings is 1. The highest BCUT2D eigenvalue weighted by molar-refractivity contribution is 7.14. The van der Waals surface area contributed by atoms with Crippen LogP contribution in [0, 0.1) is 0 Å². The van der Waals surface area contributed by atoms with Crippen LogP contribution >= 0.6 is 11.3 Å². The van der Waals surface area contributed by atoms with Gasteiger partial charge < -0.3 is 24.0 Å². The topological polar surface area (TPSA) is 97.9 Å². The zero-order valence-electron chi connectivity index (χ0n) is 24.5. The van der Waals surface area contributed by atoms with Crippen molar-refractivity contribution in [3.8, 4) is 28.3 Å². The van der Waals surface area contributed by atoms with Crippen molar-refractivity contribution >= 4 is 22.4 Å². The zero-order valence-corrected chi connectivity index (χ0v) is 25.3. The van der Waals surface area contributed by atoms with Gasteiger partial charge in [-0.3, -0.25) is 0 Å². The predicted octanol–water partition coefficient (Wildman–Crippen LogP) is 8.67. The quantitative estimate of drug-likeness (QED) is 0.176. The Hall–Kier alpha value is -4.11. The maximum atomic E-state index is 13.6. The number of anilines is 1. The van der Waals surface area contributed by atoms with Gasteiger partial charge >= 0.3 is 18.5 Å². The molecule has 7 rings (SSSR count). The molecule has 0 spiro atoms. The Morgan fingerprint density at radius 2 is 1.74 bits per heavy atom. The van der Waals surface area contributed by atoms with E-state index in [0.29, 0.717) is 35.0 Å². The lowest BCUT2D eigenvalue weighted by Gasteiger charge is -2.38. The van der Waals surface area contributed by atoms with Crippen LogP contribution in [0.5, 0.6) is 5.75 Å². The van der Waals surface area contributed by atoms with Gasteiger partial charge in [0, 0.05) is 40.1 Å². The molecule has 1 saturated carbocycles. The molecule has 2 aromatic carbocycles. The summed E-state index contributed by atoms with van der Waals surface area (Å²) in [4.78, 5) is 18.2. The zero-order chi connectivity index (χ0) is 33.1. The first kappa shape index (κ1) is 31.5. The summed E-state index contributed by atoms with van der Waals surface area (Å²) >= 11 is 1.32. The van der Waals surface area contributed by atoms with Crippen LogP contribution in [0.1, 0.15) is 71.7 Å². The Morgan fingerprint density at radius 1 is 1.02 bits per heavy atom. The van der Waals surface area contributed by atoms with E-state index in [-0.39, 0.29) is 53.3 Å². The van der Waals surface area contributed by atoms with Crippen molar-refractivity contribution in [1.29, 1.82) is 0 Å². The number of hydrogen-bond donors (Lipinski definition) is 1. The summed E-state index contributed by atoms with van der Waals surface area (Å²) < 4.78 is 96.5. The molecule has 8 nitrogen and oxygen atoms in total. The number of halogens is 6. The van der Waals surface area contributed by atoms with E-state index in [9.17, 15) is 36.2 Å². The van der Waals surface area contributed by atoms with Crippen LogP contribution in [-0.4, -0.2) is 45.8 Å². The standard InChI is InChI=1S/C32H27F6N3O5S/c33-31(34,35)24-11-17(7-10-21(24)29(42)43)25-15-47-30(39-25)41-18-8-9-19(41)13-20(12-18)44-14-23-27(40-46-28(23)16-5-6-16)22-3-1-2-4-26(22)45-32(36,37)38/h1-4,7,10-11,15-16,18-20H,5-6,8-9,12-14H2,(H,42,43)/t18-,19+,20-. The fraction of sp³-hybridized carbons (Fsp3) is 0.406. The molecule has 1 N–H and O–H groups in total. The summed E-state index contributed by atoms with van der Waals surface area (Å²) in [6.45, 7) is 0.102. The van der Waals surface area contributed by atoms with Crippen LogP contribution in [0.4, 0.5) is 31.5 Å².